The van der Waals surface area contributed by atoms with Crippen LogP contribution in [-0.4, -0.2) is 23.6 Å². The van der Waals surface area contributed by atoms with Crippen molar-refractivity contribution in [3.63, 3.8) is 0 Å². The maximum absolute atomic E-state index is 16.0. The minimum atomic E-state index is -0.562. The number of benzene rings is 11. The largest absolute Gasteiger partial charge is 0.457 e. The summed E-state index contributed by atoms with van der Waals surface area (Å²) in [5.41, 5.74) is 5.40. The summed E-state index contributed by atoms with van der Waals surface area (Å²) in [6, 6.07) is 57.4. The fraction of sp³-hybridized carbons (Fsp3) is 0.348. The first-order valence-corrected chi connectivity index (χ1v) is 36.0. The van der Waals surface area contributed by atoms with Gasteiger partial charge in [-0.3, -0.25) is 19.2 Å². The molecule has 0 aromatic heterocycles. The van der Waals surface area contributed by atoms with Crippen LogP contribution in [0.15, 0.2) is 182 Å². The minimum Gasteiger partial charge on any atom is -0.457 e. The Bertz CT molecular complexity index is 4510. The van der Waals surface area contributed by atoms with E-state index in [-0.39, 0.29) is 88.6 Å². The van der Waals surface area contributed by atoms with Gasteiger partial charge in [-0.15, -0.1) is 0 Å². The van der Waals surface area contributed by atoms with E-state index in [1.165, 1.54) is 9.80 Å². The predicted molar refractivity (Wildman–Crippen MR) is 417 cm³/mol. The van der Waals surface area contributed by atoms with Crippen LogP contribution in [0.1, 0.15) is 228 Å². The highest BCUT2D eigenvalue weighted by atomic mass is 16.5. The maximum atomic E-state index is 16.0. The Balaban J connectivity index is 1.19. The molecule has 0 atom stereocenters. The molecule has 13 rings (SSSR count). The van der Waals surface area contributed by atoms with Crippen LogP contribution >= 0.6 is 0 Å². The molecule has 2 aliphatic heterocycles. The van der Waals surface area contributed by atoms with Gasteiger partial charge in [-0.05, 0) is 188 Å². The van der Waals surface area contributed by atoms with Crippen LogP contribution < -0.4 is 28.7 Å². The zero-order valence-corrected chi connectivity index (χ0v) is 63.3. The number of fused-ring (bicyclic) bond motifs is 2. The Morgan fingerprint density at radius 3 is 0.627 bits per heavy atom. The first-order valence-electron chi connectivity index (χ1n) is 36.0. The molecule has 2 aliphatic rings. The van der Waals surface area contributed by atoms with E-state index in [1.54, 1.807) is 72.8 Å². The quantitative estimate of drug-likeness (QED) is 0.0474. The van der Waals surface area contributed by atoms with Crippen LogP contribution in [0.2, 0.25) is 0 Å². The van der Waals surface area contributed by atoms with Gasteiger partial charge in [0.25, 0.3) is 23.6 Å². The number of para-hydroxylation sites is 2. The molecule has 0 bridgehead atoms. The molecule has 0 spiro atoms. The van der Waals surface area contributed by atoms with Crippen molar-refractivity contribution in [1.82, 2.24) is 0 Å². The number of hydrogen-bond donors (Lipinski definition) is 0. The van der Waals surface area contributed by atoms with Crippen molar-refractivity contribution in [2.75, 3.05) is 9.80 Å². The standard InChI is InChI=1S/C92H98N2O8/c1-85(2,3)51-89(13,14)55-31-39-61(40-32-55)99-69-47-65-73-66(82(96)93(81(65)95)59-27-23-21-24-28-59)49-71(101-63-43-35-57(36-44-63)91(17,18)53-87(7,8)9)77-78-72(102-64-45-37-58(38-46-64)92(19,20)54-88(10,11)12)50-68-74-67(83(97)94(84(68)98)60-29-25-22-26-30-60)48-70(76(80(74)78)75(69)79(73)77)100-62-41-33-56(34-42-62)90(15,16)52-86(4,5)6/h21-50H,51-54H2,1-20H3. The van der Waals surface area contributed by atoms with Gasteiger partial charge in [0.05, 0.1) is 33.6 Å². The Kier molecular flexibility index (Phi) is 17.3. The molecule has 0 saturated heterocycles. The molecule has 10 nitrogen and oxygen atoms in total. The normalized spacial score (nSPS) is 14.3. The molecule has 0 radical (unpaired) electrons. The average molecular weight is 1360 g/mol. The molecule has 0 N–H and O–H groups in total. The van der Waals surface area contributed by atoms with Crippen molar-refractivity contribution >= 4 is 78.1 Å². The zero-order chi connectivity index (χ0) is 73.3. The lowest BCUT2D eigenvalue weighted by Crippen LogP contribution is -2.40. The second-order valence-electron chi connectivity index (χ2n) is 36.2. The van der Waals surface area contributed by atoms with Crippen molar-refractivity contribution in [3.05, 3.63) is 226 Å². The summed E-state index contributed by atoms with van der Waals surface area (Å²) in [6.45, 7) is 45.1. The SMILES string of the molecule is CC(C)(C)CC(C)(C)c1ccc(Oc2cc3c4c(cc(Oc5ccc(C(C)(C)CC(C)(C)C)cc5)c5c6c(Oc7ccc(C(C)(C)CC(C)(C)C)cc7)cc7c8c(cc(Oc9ccc(C(C)(C)CC(C)(C)C)cc9)c(c2c45)c86)C(=O)N(c2ccccc2)C7=O)C(=O)N(c2ccccc2)C3=O)cc1. The van der Waals surface area contributed by atoms with Gasteiger partial charge in [0, 0.05) is 43.1 Å². The Labute approximate surface area is 602 Å². The number of amides is 4. The van der Waals surface area contributed by atoms with E-state index in [2.05, 4.69) is 187 Å². The van der Waals surface area contributed by atoms with Gasteiger partial charge in [-0.25, -0.2) is 9.80 Å². The summed E-state index contributed by atoms with van der Waals surface area (Å²) in [5, 5.41) is 3.36. The molecule has 2 heterocycles. The van der Waals surface area contributed by atoms with Gasteiger partial charge >= 0.3 is 0 Å². The van der Waals surface area contributed by atoms with E-state index in [4.69, 9.17) is 18.9 Å². The molecule has 11 aromatic carbocycles. The minimum absolute atomic E-state index is 0.0385. The number of carbonyl (C=O) groups is 4. The number of hydrogen-bond acceptors (Lipinski definition) is 8. The lowest BCUT2D eigenvalue weighted by molar-refractivity contribution is 0.0877. The lowest BCUT2D eigenvalue weighted by Gasteiger charge is -2.33. The third-order valence-corrected chi connectivity index (χ3v) is 20.3. The van der Waals surface area contributed by atoms with Crippen molar-refractivity contribution < 1.29 is 38.1 Å². The van der Waals surface area contributed by atoms with Gasteiger partial charge in [-0.2, -0.15) is 0 Å². The lowest BCUT2D eigenvalue weighted by atomic mass is 9.72. The molecule has 0 unspecified atom stereocenters. The zero-order valence-electron chi connectivity index (χ0n) is 63.3. The van der Waals surface area contributed by atoms with E-state index in [9.17, 15) is 0 Å². The highest BCUT2D eigenvalue weighted by Crippen LogP contribution is 2.59. The van der Waals surface area contributed by atoms with Crippen molar-refractivity contribution in [3.8, 4) is 46.0 Å². The Hall–Kier alpha value is -9.80. The number of carbonyl (C=O) groups excluding carboxylic acids is 4. The van der Waals surface area contributed by atoms with Crippen molar-refractivity contribution in [2.24, 2.45) is 21.7 Å². The van der Waals surface area contributed by atoms with Crippen molar-refractivity contribution in [1.29, 1.82) is 0 Å². The number of imide groups is 2. The summed E-state index contributed by atoms with van der Waals surface area (Å²) in [4.78, 5) is 66.6. The first kappa shape index (κ1) is 70.6. The molecule has 0 saturated carbocycles. The predicted octanol–water partition coefficient (Wildman–Crippen LogP) is 25.4. The monoisotopic (exact) mass is 1360 g/mol. The fourth-order valence-corrected chi connectivity index (χ4v) is 17.6. The van der Waals surface area contributed by atoms with E-state index in [0.717, 1.165) is 47.9 Å². The topological polar surface area (TPSA) is 112 Å². The van der Waals surface area contributed by atoms with Crippen molar-refractivity contribution in [2.45, 2.75) is 186 Å². The first-order chi connectivity index (χ1) is 47.7. The summed E-state index contributed by atoms with van der Waals surface area (Å²) in [6.07, 6.45) is 3.67. The third-order valence-electron chi connectivity index (χ3n) is 20.3. The molecule has 11 aromatic rings. The Morgan fingerprint density at radius 2 is 0.441 bits per heavy atom. The van der Waals surface area contributed by atoms with Crippen LogP contribution in [0, 0.1) is 21.7 Å². The molecular formula is C92H98N2O8. The second-order valence-corrected chi connectivity index (χ2v) is 36.2. The average Bonchev–Trinajstić information content (AvgIpc) is 0.671. The molecule has 0 fully saturated rings. The van der Waals surface area contributed by atoms with Crippen LogP contribution in [0.25, 0.3) is 43.1 Å². The van der Waals surface area contributed by atoms with Gasteiger partial charge in [0.15, 0.2) is 0 Å². The summed E-state index contributed by atoms with van der Waals surface area (Å²) in [7, 11) is 0. The highest BCUT2D eigenvalue weighted by molar-refractivity contribution is 6.48. The summed E-state index contributed by atoms with van der Waals surface area (Å²) < 4.78 is 29.8. The smallest absolute Gasteiger partial charge is 0.266 e. The van der Waals surface area contributed by atoms with Crippen LogP contribution in [0.3, 0.4) is 0 Å². The van der Waals surface area contributed by atoms with E-state index in [1.807, 2.05) is 60.7 Å². The molecular weight excluding hydrogens is 1260 g/mol. The van der Waals surface area contributed by atoms with Gasteiger partial charge in [-0.1, -0.05) is 223 Å². The molecule has 4 amide bonds. The maximum Gasteiger partial charge on any atom is 0.266 e. The van der Waals surface area contributed by atoms with E-state index in [0.29, 0.717) is 77.5 Å². The van der Waals surface area contributed by atoms with Crippen LogP contribution in [0.4, 0.5) is 11.4 Å². The van der Waals surface area contributed by atoms with Crippen LogP contribution in [0.5, 0.6) is 46.0 Å². The third kappa shape index (κ3) is 13.5. The summed E-state index contributed by atoms with van der Waals surface area (Å²) >= 11 is 0. The van der Waals surface area contributed by atoms with E-state index >= 15 is 19.2 Å². The number of rotatable bonds is 18. The highest BCUT2D eigenvalue weighted by Gasteiger charge is 2.43. The van der Waals surface area contributed by atoms with Gasteiger partial charge < -0.3 is 18.9 Å². The second kappa shape index (κ2) is 25.0. The van der Waals surface area contributed by atoms with Crippen LogP contribution in [-0.2, 0) is 21.7 Å². The van der Waals surface area contributed by atoms with Gasteiger partial charge in [0.2, 0.25) is 0 Å². The Morgan fingerprint density at radius 1 is 0.245 bits per heavy atom. The summed E-state index contributed by atoms with van der Waals surface area (Å²) in [5.74, 6) is 0.632. The molecule has 10 heteroatoms. The number of anilines is 2. The molecule has 0 aliphatic carbocycles. The fourth-order valence-electron chi connectivity index (χ4n) is 17.6. The molecule has 102 heavy (non-hydrogen) atoms. The van der Waals surface area contributed by atoms with E-state index < -0.39 is 23.6 Å². The van der Waals surface area contributed by atoms with Gasteiger partial charge in [0.1, 0.15) is 46.0 Å². The number of nitrogens with zero attached hydrogens (tertiary/aromatic N) is 2. The molecule has 524 valence electrons. The number of ether oxygens (including phenoxy) is 4.